The second-order valence-electron chi connectivity index (χ2n) is 4.89. The van der Waals surface area contributed by atoms with Crippen molar-refractivity contribution in [1.29, 1.82) is 0 Å². The van der Waals surface area contributed by atoms with Crippen molar-refractivity contribution in [3.05, 3.63) is 63.6 Å². The summed E-state index contributed by atoms with van der Waals surface area (Å²) < 4.78 is 6.55. The van der Waals surface area contributed by atoms with Crippen LogP contribution in [0.3, 0.4) is 0 Å². The number of nitrogens with one attached hydrogen (secondary N) is 1. The molecule has 1 heterocycles. The molecular formula is C16H15BrN2O2. The molecule has 1 aliphatic rings. The predicted octanol–water partition coefficient (Wildman–Crippen LogP) is 2.62. The summed E-state index contributed by atoms with van der Waals surface area (Å²) in [5, 5.41) is 2.80. The SMILES string of the molecule is NC(c1ccc(Br)cc1)c1ccc2c(c1)C(=O)NCCO2. The number of halogens is 1. The molecule has 4 nitrogen and oxygen atoms in total. The summed E-state index contributed by atoms with van der Waals surface area (Å²) in [4.78, 5) is 12.0. The van der Waals surface area contributed by atoms with E-state index < -0.39 is 0 Å². The van der Waals surface area contributed by atoms with Crippen LogP contribution in [0.15, 0.2) is 46.9 Å². The normalized spacial score (nSPS) is 15.4. The number of fused-ring (bicyclic) bond motifs is 1. The fourth-order valence-electron chi connectivity index (χ4n) is 2.33. The van der Waals surface area contributed by atoms with Gasteiger partial charge in [-0.3, -0.25) is 4.79 Å². The maximum Gasteiger partial charge on any atom is 0.255 e. The van der Waals surface area contributed by atoms with E-state index in [0.29, 0.717) is 24.5 Å². The average molecular weight is 347 g/mol. The Labute approximate surface area is 131 Å². The summed E-state index contributed by atoms with van der Waals surface area (Å²) >= 11 is 3.41. The number of amides is 1. The zero-order valence-corrected chi connectivity index (χ0v) is 12.9. The van der Waals surface area contributed by atoms with E-state index in [1.165, 1.54) is 0 Å². The van der Waals surface area contributed by atoms with Crippen LogP contribution in [0.4, 0.5) is 0 Å². The number of carbonyl (C=O) groups is 1. The number of carbonyl (C=O) groups excluding carboxylic acids is 1. The Bertz CT molecular complexity index is 670. The molecule has 1 atom stereocenters. The highest BCUT2D eigenvalue weighted by Crippen LogP contribution is 2.27. The van der Waals surface area contributed by atoms with E-state index >= 15 is 0 Å². The third-order valence-electron chi connectivity index (χ3n) is 3.48. The lowest BCUT2D eigenvalue weighted by atomic mass is 9.97. The summed E-state index contributed by atoms with van der Waals surface area (Å²) in [5.41, 5.74) is 8.72. The van der Waals surface area contributed by atoms with Gasteiger partial charge in [-0.2, -0.15) is 0 Å². The number of hydrogen-bond donors (Lipinski definition) is 2. The van der Waals surface area contributed by atoms with Crippen molar-refractivity contribution in [2.24, 2.45) is 5.73 Å². The Morgan fingerprint density at radius 1 is 1.14 bits per heavy atom. The molecule has 3 N–H and O–H groups in total. The van der Waals surface area contributed by atoms with Crippen molar-refractivity contribution >= 4 is 21.8 Å². The highest BCUT2D eigenvalue weighted by Gasteiger charge is 2.19. The zero-order valence-electron chi connectivity index (χ0n) is 11.3. The summed E-state index contributed by atoms with van der Waals surface area (Å²) in [5.74, 6) is 0.490. The highest BCUT2D eigenvalue weighted by atomic mass is 79.9. The Balaban J connectivity index is 1.96. The van der Waals surface area contributed by atoms with Gasteiger partial charge in [0.1, 0.15) is 12.4 Å². The molecule has 0 saturated carbocycles. The van der Waals surface area contributed by atoms with Crippen LogP contribution in [0.1, 0.15) is 27.5 Å². The van der Waals surface area contributed by atoms with Gasteiger partial charge in [0.05, 0.1) is 18.2 Å². The van der Waals surface area contributed by atoms with E-state index in [0.717, 1.165) is 15.6 Å². The molecule has 2 aromatic carbocycles. The first-order valence-electron chi connectivity index (χ1n) is 6.71. The molecule has 0 fully saturated rings. The van der Waals surface area contributed by atoms with Gasteiger partial charge in [0.2, 0.25) is 0 Å². The van der Waals surface area contributed by atoms with Gasteiger partial charge in [0.15, 0.2) is 0 Å². The van der Waals surface area contributed by atoms with Gasteiger partial charge >= 0.3 is 0 Å². The molecular weight excluding hydrogens is 332 g/mol. The lowest BCUT2D eigenvalue weighted by Crippen LogP contribution is -2.24. The summed E-state index contributed by atoms with van der Waals surface area (Å²) in [6.45, 7) is 0.998. The minimum atomic E-state index is -0.278. The molecule has 0 spiro atoms. The van der Waals surface area contributed by atoms with Gasteiger partial charge in [-0.05, 0) is 35.4 Å². The molecule has 5 heteroatoms. The zero-order chi connectivity index (χ0) is 14.8. The third kappa shape index (κ3) is 2.94. The van der Waals surface area contributed by atoms with E-state index in [1.54, 1.807) is 0 Å². The van der Waals surface area contributed by atoms with E-state index in [-0.39, 0.29) is 11.9 Å². The van der Waals surface area contributed by atoms with Crippen LogP contribution < -0.4 is 15.8 Å². The number of hydrogen-bond acceptors (Lipinski definition) is 3. The number of ether oxygens (including phenoxy) is 1. The molecule has 3 rings (SSSR count). The Morgan fingerprint density at radius 2 is 1.86 bits per heavy atom. The Hall–Kier alpha value is -1.85. The predicted molar refractivity (Wildman–Crippen MR) is 84.4 cm³/mol. The summed E-state index contributed by atoms with van der Waals surface area (Å²) in [7, 11) is 0. The van der Waals surface area contributed by atoms with Crippen molar-refractivity contribution in [1.82, 2.24) is 5.32 Å². The van der Waals surface area contributed by atoms with Gasteiger partial charge in [0.25, 0.3) is 5.91 Å². The van der Waals surface area contributed by atoms with Crippen molar-refractivity contribution < 1.29 is 9.53 Å². The first-order valence-corrected chi connectivity index (χ1v) is 7.50. The van der Waals surface area contributed by atoms with E-state index in [4.69, 9.17) is 10.5 Å². The molecule has 0 bridgehead atoms. The van der Waals surface area contributed by atoms with Gasteiger partial charge in [-0.15, -0.1) is 0 Å². The molecule has 0 radical (unpaired) electrons. The molecule has 1 aliphatic heterocycles. The van der Waals surface area contributed by atoms with Crippen molar-refractivity contribution in [3.63, 3.8) is 0 Å². The van der Waals surface area contributed by atoms with Crippen LogP contribution >= 0.6 is 15.9 Å². The maximum absolute atomic E-state index is 12.0. The van der Waals surface area contributed by atoms with E-state index in [2.05, 4.69) is 21.2 Å². The van der Waals surface area contributed by atoms with Crippen LogP contribution in [-0.2, 0) is 0 Å². The summed E-state index contributed by atoms with van der Waals surface area (Å²) in [6.07, 6.45) is 0. The van der Waals surface area contributed by atoms with Gasteiger partial charge in [-0.1, -0.05) is 34.1 Å². The first-order chi connectivity index (χ1) is 10.1. The Kier molecular flexibility index (Phi) is 3.94. The second-order valence-corrected chi connectivity index (χ2v) is 5.80. The fourth-order valence-corrected chi connectivity index (χ4v) is 2.59. The monoisotopic (exact) mass is 346 g/mol. The summed E-state index contributed by atoms with van der Waals surface area (Å²) in [6, 6.07) is 13.1. The van der Waals surface area contributed by atoms with Gasteiger partial charge in [0, 0.05) is 4.47 Å². The highest BCUT2D eigenvalue weighted by molar-refractivity contribution is 9.10. The van der Waals surface area contributed by atoms with E-state index in [1.807, 2.05) is 42.5 Å². The van der Waals surface area contributed by atoms with Gasteiger partial charge < -0.3 is 15.8 Å². The minimum Gasteiger partial charge on any atom is -0.491 e. The van der Waals surface area contributed by atoms with E-state index in [9.17, 15) is 4.79 Å². The van der Waals surface area contributed by atoms with Crippen molar-refractivity contribution in [3.8, 4) is 5.75 Å². The van der Waals surface area contributed by atoms with Crippen LogP contribution in [0, 0.1) is 0 Å². The average Bonchev–Trinajstić information content (AvgIpc) is 2.69. The molecule has 0 saturated heterocycles. The molecule has 0 aromatic heterocycles. The van der Waals surface area contributed by atoms with Crippen LogP contribution in [0.5, 0.6) is 5.75 Å². The topological polar surface area (TPSA) is 64.4 Å². The van der Waals surface area contributed by atoms with Crippen molar-refractivity contribution in [2.45, 2.75) is 6.04 Å². The molecule has 21 heavy (non-hydrogen) atoms. The lowest BCUT2D eigenvalue weighted by molar-refractivity contribution is 0.0957. The molecule has 1 amide bonds. The number of benzene rings is 2. The molecule has 108 valence electrons. The smallest absolute Gasteiger partial charge is 0.255 e. The Morgan fingerprint density at radius 3 is 2.62 bits per heavy atom. The number of rotatable bonds is 2. The fraction of sp³-hybridized carbons (Fsp3) is 0.188. The second kappa shape index (κ2) is 5.87. The largest absolute Gasteiger partial charge is 0.491 e. The van der Waals surface area contributed by atoms with Gasteiger partial charge in [-0.25, -0.2) is 0 Å². The lowest BCUT2D eigenvalue weighted by Gasteiger charge is -2.15. The molecule has 0 aliphatic carbocycles. The quantitative estimate of drug-likeness (QED) is 0.878. The van der Waals surface area contributed by atoms with Crippen LogP contribution in [0.2, 0.25) is 0 Å². The maximum atomic E-state index is 12.0. The first kappa shape index (κ1) is 14.1. The molecule has 2 aromatic rings. The molecule has 1 unspecified atom stereocenters. The van der Waals surface area contributed by atoms with Crippen LogP contribution in [-0.4, -0.2) is 19.1 Å². The van der Waals surface area contributed by atoms with Crippen molar-refractivity contribution in [2.75, 3.05) is 13.2 Å². The minimum absolute atomic E-state index is 0.118. The third-order valence-corrected chi connectivity index (χ3v) is 4.01. The van der Waals surface area contributed by atoms with Crippen LogP contribution in [0.25, 0.3) is 0 Å². The number of nitrogens with two attached hydrogens (primary N) is 1. The standard InChI is InChI=1S/C16H15BrN2O2/c17-12-4-1-10(2-5-12)15(18)11-3-6-14-13(9-11)16(20)19-7-8-21-14/h1-6,9,15H,7-8,18H2,(H,19,20).